The first kappa shape index (κ1) is 12.0. The minimum Gasteiger partial charge on any atom is -0.338 e. The molecule has 1 N–H and O–H groups in total. The average Bonchev–Trinajstić information content (AvgIpc) is 3.09. The van der Waals surface area contributed by atoms with E-state index in [0.717, 1.165) is 56.8 Å². The quantitative estimate of drug-likeness (QED) is 0.879. The maximum atomic E-state index is 5.35. The van der Waals surface area contributed by atoms with Crippen LogP contribution in [-0.4, -0.2) is 36.3 Å². The molecule has 0 amide bonds. The molecule has 0 saturated carbocycles. The van der Waals surface area contributed by atoms with E-state index >= 15 is 0 Å². The molecule has 1 aromatic rings. The number of aromatic nitrogens is 2. The summed E-state index contributed by atoms with van der Waals surface area (Å²) in [5.74, 6) is 2.40. The summed E-state index contributed by atoms with van der Waals surface area (Å²) >= 11 is 0. The van der Waals surface area contributed by atoms with Gasteiger partial charge in [0.1, 0.15) is 0 Å². The van der Waals surface area contributed by atoms with Gasteiger partial charge >= 0.3 is 0 Å². The van der Waals surface area contributed by atoms with Crippen molar-refractivity contribution in [3.05, 3.63) is 5.89 Å². The van der Waals surface area contributed by atoms with Gasteiger partial charge < -0.3 is 14.7 Å². The highest BCUT2D eigenvalue weighted by Gasteiger charge is 2.19. The fraction of sp³-hybridized carbons (Fsp3) is 0.846. The van der Waals surface area contributed by atoms with Crippen molar-refractivity contribution in [1.82, 2.24) is 15.5 Å². The van der Waals surface area contributed by atoms with Gasteiger partial charge in [0.25, 0.3) is 5.95 Å². The third-order valence-corrected chi connectivity index (χ3v) is 4.03. The van der Waals surface area contributed by atoms with Gasteiger partial charge in [-0.15, -0.1) is 0 Å². The van der Waals surface area contributed by atoms with E-state index in [4.69, 9.17) is 4.52 Å². The lowest BCUT2D eigenvalue weighted by Gasteiger charge is -2.24. The third-order valence-electron chi connectivity index (χ3n) is 4.03. The maximum Gasteiger partial charge on any atom is 0.266 e. The second-order valence-electron chi connectivity index (χ2n) is 5.43. The van der Waals surface area contributed by atoms with E-state index in [9.17, 15) is 0 Å². The van der Waals surface area contributed by atoms with Gasteiger partial charge in [0.2, 0.25) is 5.89 Å². The zero-order chi connectivity index (χ0) is 12.2. The average molecular weight is 250 g/mol. The van der Waals surface area contributed by atoms with Gasteiger partial charge in [0.05, 0.1) is 0 Å². The molecular formula is C13H22N4O. The summed E-state index contributed by atoms with van der Waals surface area (Å²) in [5.41, 5.74) is 0. The second-order valence-corrected chi connectivity index (χ2v) is 5.43. The van der Waals surface area contributed by atoms with Crippen LogP contribution in [-0.2, 0) is 6.42 Å². The summed E-state index contributed by atoms with van der Waals surface area (Å²) < 4.78 is 5.35. The van der Waals surface area contributed by atoms with Gasteiger partial charge in [-0.3, -0.25) is 0 Å². The summed E-state index contributed by atoms with van der Waals surface area (Å²) in [6, 6.07) is 0. The highest BCUT2D eigenvalue weighted by atomic mass is 16.5. The molecule has 0 spiro atoms. The second kappa shape index (κ2) is 5.69. The number of hydrogen-bond acceptors (Lipinski definition) is 5. The first-order valence-corrected chi connectivity index (χ1v) is 7.20. The minimum absolute atomic E-state index is 0.787. The fourth-order valence-corrected chi connectivity index (χ4v) is 2.86. The highest BCUT2D eigenvalue weighted by Crippen LogP contribution is 2.19. The summed E-state index contributed by atoms with van der Waals surface area (Å²) in [5, 5.41) is 7.50. The van der Waals surface area contributed by atoms with Crippen LogP contribution in [0.1, 0.15) is 38.0 Å². The normalized spacial score (nSPS) is 24.7. The van der Waals surface area contributed by atoms with E-state index in [0.29, 0.717) is 0 Å². The van der Waals surface area contributed by atoms with Gasteiger partial charge in [0, 0.05) is 19.5 Å². The van der Waals surface area contributed by atoms with E-state index in [2.05, 4.69) is 20.4 Å². The zero-order valence-electron chi connectivity index (χ0n) is 10.9. The van der Waals surface area contributed by atoms with Crippen LogP contribution in [0.3, 0.4) is 0 Å². The third kappa shape index (κ3) is 2.83. The minimum atomic E-state index is 0.787. The molecule has 1 aromatic heterocycles. The number of anilines is 1. The predicted octanol–water partition coefficient (Wildman–Crippen LogP) is 1.60. The first-order valence-electron chi connectivity index (χ1n) is 7.20. The standard InChI is InChI=1S/C13H22N4O/c1-2-8-17(9-3-1)13-15-12(18-16-13)5-4-11-6-7-14-10-11/h11,14H,1-10H2. The Bertz CT molecular complexity index is 367. The molecule has 5 heteroatoms. The molecule has 3 rings (SSSR count). The number of nitrogens with one attached hydrogen (secondary N) is 1. The molecule has 1 unspecified atom stereocenters. The van der Waals surface area contributed by atoms with Crippen LogP contribution in [0.4, 0.5) is 5.95 Å². The summed E-state index contributed by atoms with van der Waals surface area (Å²) in [6.07, 6.45) is 7.19. The number of rotatable bonds is 4. The Balaban J connectivity index is 1.52. The van der Waals surface area contributed by atoms with Crippen molar-refractivity contribution < 1.29 is 4.52 Å². The zero-order valence-corrected chi connectivity index (χ0v) is 10.9. The Hall–Kier alpha value is -1.10. The van der Waals surface area contributed by atoms with E-state index in [1.165, 1.54) is 25.7 Å². The largest absolute Gasteiger partial charge is 0.338 e. The molecule has 0 radical (unpaired) electrons. The molecule has 18 heavy (non-hydrogen) atoms. The Kier molecular flexibility index (Phi) is 3.78. The molecule has 0 aliphatic carbocycles. The van der Waals surface area contributed by atoms with Crippen LogP contribution in [0.15, 0.2) is 4.52 Å². The monoisotopic (exact) mass is 250 g/mol. The number of piperidine rings is 1. The van der Waals surface area contributed by atoms with Crippen molar-refractivity contribution >= 4 is 5.95 Å². The lowest BCUT2D eigenvalue weighted by Crippen LogP contribution is -2.30. The van der Waals surface area contributed by atoms with Crippen molar-refractivity contribution in [2.75, 3.05) is 31.1 Å². The lowest BCUT2D eigenvalue weighted by molar-refractivity contribution is 0.363. The van der Waals surface area contributed by atoms with Crippen LogP contribution in [0, 0.1) is 5.92 Å². The van der Waals surface area contributed by atoms with Gasteiger partial charge in [-0.25, -0.2) is 0 Å². The molecule has 100 valence electrons. The Morgan fingerprint density at radius 3 is 2.94 bits per heavy atom. The number of nitrogens with zero attached hydrogens (tertiary/aromatic N) is 3. The van der Waals surface area contributed by atoms with Crippen molar-refractivity contribution in [3.8, 4) is 0 Å². The van der Waals surface area contributed by atoms with Crippen LogP contribution >= 0.6 is 0 Å². The van der Waals surface area contributed by atoms with Crippen molar-refractivity contribution in [2.24, 2.45) is 5.92 Å². The molecular weight excluding hydrogens is 228 g/mol. The van der Waals surface area contributed by atoms with Crippen LogP contribution in [0.5, 0.6) is 0 Å². The van der Waals surface area contributed by atoms with Gasteiger partial charge in [0.15, 0.2) is 0 Å². The Labute approximate surface area is 108 Å². The summed E-state index contributed by atoms with van der Waals surface area (Å²) in [7, 11) is 0. The smallest absolute Gasteiger partial charge is 0.266 e. The molecule has 0 bridgehead atoms. The molecule has 0 aromatic carbocycles. The molecule has 3 heterocycles. The molecule has 5 nitrogen and oxygen atoms in total. The topological polar surface area (TPSA) is 54.2 Å². The van der Waals surface area contributed by atoms with Crippen molar-refractivity contribution in [2.45, 2.75) is 38.5 Å². The molecule has 2 aliphatic heterocycles. The van der Waals surface area contributed by atoms with E-state index in [1.54, 1.807) is 0 Å². The van der Waals surface area contributed by atoms with E-state index < -0.39 is 0 Å². The molecule has 1 atom stereocenters. The SMILES string of the molecule is C1CCN(c2noc(CCC3CCNC3)n2)CC1. The van der Waals surface area contributed by atoms with E-state index in [-0.39, 0.29) is 0 Å². The molecule has 2 fully saturated rings. The summed E-state index contributed by atoms with van der Waals surface area (Å²) in [4.78, 5) is 6.77. The molecule has 2 saturated heterocycles. The highest BCUT2D eigenvalue weighted by molar-refractivity contribution is 5.27. The van der Waals surface area contributed by atoms with Crippen molar-refractivity contribution in [3.63, 3.8) is 0 Å². The van der Waals surface area contributed by atoms with Crippen LogP contribution < -0.4 is 10.2 Å². The van der Waals surface area contributed by atoms with Gasteiger partial charge in [-0.1, -0.05) is 0 Å². The first-order chi connectivity index (χ1) is 8.92. The Morgan fingerprint density at radius 2 is 2.17 bits per heavy atom. The predicted molar refractivity (Wildman–Crippen MR) is 69.7 cm³/mol. The van der Waals surface area contributed by atoms with Gasteiger partial charge in [-0.05, 0) is 56.3 Å². The number of hydrogen-bond donors (Lipinski definition) is 1. The van der Waals surface area contributed by atoms with Gasteiger partial charge in [-0.2, -0.15) is 4.98 Å². The lowest BCUT2D eigenvalue weighted by atomic mass is 10.0. The maximum absolute atomic E-state index is 5.35. The molecule has 2 aliphatic rings. The van der Waals surface area contributed by atoms with E-state index in [1.807, 2.05) is 0 Å². The Morgan fingerprint density at radius 1 is 1.28 bits per heavy atom. The van der Waals surface area contributed by atoms with Crippen LogP contribution in [0.25, 0.3) is 0 Å². The number of aryl methyl sites for hydroxylation is 1. The fourth-order valence-electron chi connectivity index (χ4n) is 2.86. The van der Waals surface area contributed by atoms with Crippen LogP contribution in [0.2, 0.25) is 0 Å². The van der Waals surface area contributed by atoms with Crippen molar-refractivity contribution in [1.29, 1.82) is 0 Å². The summed E-state index contributed by atoms with van der Waals surface area (Å²) in [6.45, 7) is 4.46.